The van der Waals surface area contributed by atoms with Crippen LogP contribution in [0.5, 0.6) is 0 Å². The Bertz CT molecular complexity index is 335. The molecule has 0 saturated heterocycles. The molecule has 78 valence electrons. The zero-order valence-corrected chi connectivity index (χ0v) is 8.42. The zero-order valence-electron chi connectivity index (χ0n) is 7.61. The highest BCUT2D eigenvalue weighted by atomic mass is 32.2. The predicted octanol–water partition coefficient (Wildman–Crippen LogP) is 0.899. The molecule has 0 aliphatic rings. The smallest absolute Gasteiger partial charge is 0.249 e. The molecule has 1 unspecified atom stereocenters. The first kappa shape index (κ1) is 11.3. The molecule has 0 aromatic heterocycles. The van der Waals surface area contributed by atoms with Crippen molar-refractivity contribution < 1.29 is 13.2 Å². The lowest BCUT2D eigenvalue weighted by molar-refractivity contribution is 0.328. The average molecular weight is 218 g/mol. The largest absolute Gasteiger partial charge is 0.293 e. The second-order valence-corrected chi connectivity index (χ2v) is 3.52. The summed E-state index contributed by atoms with van der Waals surface area (Å²) in [4.78, 5) is 0. The molecule has 4 nitrogen and oxygen atoms in total. The summed E-state index contributed by atoms with van der Waals surface area (Å²) >= 11 is -2.11. The van der Waals surface area contributed by atoms with Crippen LogP contribution >= 0.6 is 0 Å². The van der Waals surface area contributed by atoms with Crippen LogP contribution in [0, 0.1) is 5.82 Å². The topological polar surface area (TPSA) is 52.6 Å². The highest BCUT2D eigenvalue weighted by molar-refractivity contribution is 7.76. The van der Waals surface area contributed by atoms with Crippen molar-refractivity contribution in [3.05, 3.63) is 35.6 Å². The third-order valence-electron chi connectivity index (χ3n) is 1.65. The van der Waals surface area contributed by atoms with Gasteiger partial charge < -0.3 is 0 Å². The van der Waals surface area contributed by atoms with Gasteiger partial charge in [0, 0.05) is 0 Å². The average Bonchev–Trinajstić information content (AvgIpc) is 2.14. The minimum atomic E-state index is -2.11. The summed E-state index contributed by atoms with van der Waals surface area (Å²) in [6.45, 7) is 0.164. The van der Waals surface area contributed by atoms with Gasteiger partial charge in [0.25, 0.3) is 0 Å². The maximum Gasteiger partial charge on any atom is 0.249 e. The van der Waals surface area contributed by atoms with Crippen LogP contribution in [0.25, 0.3) is 0 Å². The van der Waals surface area contributed by atoms with E-state index in [1.807, 2.05) is 0 Å². The van der Waals surface area contributed by atoms with E-state index in [0.717, 1.165) is 4.41 Å². The minimum Gasteiger partial charge on any atom is -0.293 e. The molecule has 0 fully saturated rings. The summed E-state index contributed by atoms with van der Waals surface area (Å²) < 4.78 is 33.3. The molecule has 1 atom stereocenters. The molecule has 0 heterocycles. The Labute approximate surface area is 84.1 Å². The van der Waals surface area contributed by atoms with E-state index in [1.165, 1.54) is 19.2 Å². The molecule has 0 amide bonds. The molecule has 0 spiro atoms. The van der Waals surface area contributed by atoms with Crippen LogP contribution < -0.4 is 5.43 Å². The molecule has 14 heavy (non-hydrogen) atoms. The Hall–Kier alpha value is -0.820. The van der Waals surface area contributed by atoms with Gasteiger partial charge in [-0.25, -0.2) is 14.0 Å². The first-order valence-electron chi connectivity index (χ1n) is 3.94. The minimum absolute atomic E-state index is 0.164. The van der Waals surface area contributed by atoms with E-state index in [4.69, 9.17) is 4.55 Å². The second-order valence-electron chi connectivity index (χ2n) is 2.62. The molecule has 6 heteroatoms. The van der Waals surface area contributed by atoms with Crippen LogP contribution in [-0.2, 0) is 17.8 Å². The first-order chi connectivity index (χ1) is 6.63. The van der Waals surface area contributed by atoms with E-state index in [2.05, 4.69) is 5.43 Å². The normalized spacial score (nSPS) is 13.1. The third-order valence-corrected chi connectivity index (χ3v) is 2.34. The molecule has 2 N–H and O–H groups in total. The van der Waals surface area contributed by atoms with Crippen LogP contribution in [0.4, 0.5) is 4.39 Å². The van der Waals surface area contributed by atoms with Crippen LogP contribution in [-0.4, -0.2) is 20.2 Å². The lowest BCUT2D eigenvalue weighted by Gasteiger charge is -2.15. The number of hydrogen-bond donors (Lipinski definition) is 2. The molecular formula is C8H11FN2O2S. The Morgan fingerprint density at radius 3 is 2.86 bits per heavy atom. The second kappa shape index (κ2) is 5.16. The van der Waals surface area contributed by atoms with Crippen molar-refractivity contribution >= 4 is 11.3 Å². The van der Waals surface area contributed by atoms with Crippen LogP contribution in [0.15, 0.2) is 24.3 Å². The molecule has 0 aliphatic heterocycles. The fourth-order valence-corrected chi connectivity index (χ4v) is 1.43. The van der Waals surface area contributed by atoms with Gasteiger partial charge in [-0.2, -0.15) is 0 Å². The molecule has 1 aromatic carbocycles. The summed E-state index contributed by atoms with van der Waals surface area (Å²) in [5.74, 6) is -0.359. The zero-order chi connectivity index (χ0) is 10.6. The highest BCUT2D eigenvalue weighted by Gasteiger charge is 2.08. The molecule has 0 saturated carbocycles. The maximum atomic E-state index is 12.7. The van der Waals surface area contributed by atoms with Gasteiger partial charge in [-0.15, -0.1) is 4.41 Å². The Balaban J connectivity index is 2.72. The number of hydrazine groups is 1. The van der Waals surface area contributed by atoms with Crippen LogP contribution in [0.1, 0.15) is 5.56 Å². The predicted molar refractivity (Wildman–Crippen MR) is 51.8 cm³/mol. The molecule has 0 radical (unpaired) electrons. The number of rotatable bonds is 4. The Morgan fingerprint density at radius 2 is 2.36 bits per heavy atom. The van der Waals surface area contributed by atoms with E-state index >= 15 is 0 Å². The van der Waals surface area contributed by atoms with Gasteiger partial charge in [0.15, 0.2) is 0 Å². The fraction of sp³-hybridized carbons (Fsp3) is 0.250. The summed E-state index contributed by atoms with van der Waals surface area (Å²) in [6, 6.07) is 5.87. The fourth-order valence-electron chi connectivity index (χ4n) is 1.01. The van der Waals surface area contributed by atoms with Gasteiger partial charge in [0.05, 0.1) is 6.54 Å². The lowest BCUT2D eigenvalue weighted by atomic mass is 10.2. The Kier molecular flexibility index (Phi) is 4.15. The number of nitrogens with zero attached hydrogens (tertiary/aromatic N) is 1. The summed E-state index contributed by atoms with van der Waals surface area (Å²) in [5, 5.41) is 0. The van der Waals surface area contributed by atoms with Crippen molar-refractivity contribution in [3.8, 4) is 0 Å². The number of nitrogens with one attached hydrogen (secondary N) is 1. The monoisotopic (exact) mass is 218 g/mol. The van der Waals surface area contributed by atoms with Gasteiger partial charge in [0.1, 0.15) is 5.82 Å². The highest BCUT2D eigenvalue weighted by Crippen LogP contribution is 2.06. The van der Waals surface area contributed by atoms with Gasteiger partial charge in [-0.05, 0) is 24.7 Å². The van der Waals surface area contributed by atoms with Crippen LogP contribution in [0.3, 0.4) is 0 Å². The summed E-state index contributed by atoms with van der Waals surface area (Å²) in [5.41, 5.74) is 3.16. The summed E-state index contributed by atoms with van der Waals surface area (Å²) in [6.07, 6.45) is 0. The van der Waals surface area contributed by atoms with Crippen LogP contribution in [0.2, 0.25) is 0 Å². The van der Waals surface area contributed by atoms with E-state index in [-0.39, 0.29) is 12.4 Å². The van der Waals surface area contributed by atoms with E-state index in [0.29, 0.717) is 5.56 Å². The van der Waals surface area contributed by atoms with Gasteiger partial charge in [-0.1, -0.05) is 12.1 Å². The summed E-state index contributed by atoms with van der Waals surface area (Å²) in [7, 11) is 1.52. The number of halogens is 1. The van der Waals surface area contributed by atoms with Crippen molar-refractivity contribution in [1.29, 1.82) is 0 Å². The number of benzene rings is 1. The molecule has 1 rings (SSSR count). The quantitative estimate of drug-likeness (QED) is 0.583. The van der Waals surface area contributed by atoms with E-state index in [1.54, 1.807) is 12.1 Å². The third kappa shape index (κ3) is 3.15. The molecular weight excluding hydrogens is 207 g/mol. The molecule has 0 aliphatic carbocycles. The molecule has 0 bridgehead atoms. The maximum absolute atomic E-state index is 12.7. The van der Waals surface area contributed by atoms with Crippen molar-refractivity contribution in [2.45, 2.75) is 6.54 Å². The lowest BCUT2D eigenvalue weighted by Crippen LogP contribution is -2.35. The van der Waals surface area contributed by atoms with E-state index < -0.39 is 11.3 Å². The standard InChI is InChI=1S/C8H11FN2O2S/c1-10-11(14(12)13)6-7-3-2-4-8(9)5-7/h2-5,10H,6H2,1H3,(H,12,13). The van der Waals surface area contributed by atoms with Crippen molar-refractivity contribution in [1.82, 2.24) is 9.84 Å². The van der Waals surface area contributed by atoms with Crippen molar-refractivity contribution in [2.24, 2.45) is 0 Å². The van der Waals surface area contributed by atoms with Gasteiger partial charge in [0.2, 0.25) is 11.3 Å². The molecule has 1 aromatic rings. The SMILES string of the molecule is CNN(Cc1cccc(F)c1)S(=O)O. The van der Waals surface area contributed by atoms with Gasteiger partial charge >= 0.3 is 0 Å². The number of hydrogen-bond acceptors (Lipinski definition) is 2. The first-order valence-corrected chi connectivity index (χ1v) is 5.00. The Morgan fingerprint density at radius 1 is 1.64 bits per heavy atom. The van der Waals surface area contributed by atoms with Crippen molar-refractivity contribution in [2.75, 3.05) is 7.05 Å². The van der Waals surface area contributed by atoms with Crippen molar-refractivity contribution in [3.63, 3.8) is 0 Å². The van der Waals surface area contributed by atoms with Gasteiger partial charge in [-0.3, -0.25) is 4.55 Å². The van der Waals surface area contributed by atoms with E-state index in [9.17, 15) is 8.60 Å².